The van der Waals surface area contributed by atoms with Gasteiger partial charge in [-0.15, -0.1) is 0 Å². The maximum Gasteiger partial charge on any atom is 0.132 e. The van der Waals surface area contributed by atoms with Crippen molar-refractivity contribution < 1.29 is 9.59 Å². The van der Waals surface area contributed by atoms with E-state index >= 15 is 0 Å². The molecular weight excluding hydrogens is 236 g/mol. The molecule has 0 unspecified atom stereocenters. The molecule has 0 atom stereocenters. The molecule has 0 amide bonds. The number of ketones is 2. The Labute approximate surface area is 123 Å². The van der Waals surface area contributed by atoms with Gasteiger partial charge < -0.3 is 4.79 Å². The number of hydrogen-bond donors (Lipinski definition) is 0. The zero-order chi connectivity index (χ0) is 16.9. The molecule has 0 bridgehead atoms. The molecule has 2 heteroatoms. The first-order valence-corrected chi connectivity index (χ1v) is 7.59. The maximum absolute atomic E-state index is 10.1. The van der Waals surface area contributed by atoms with Gasteiger partial charge in [-0.2, -0.15) is 0 Å². The van der Waals surface area contributed by atoms with Crippen molar-refractivity contribution in [2.24, 2.45) is 5.92 Å². The number of hydrogen-bond acceptors (Lipinski definition) is 2. The highest BCUT2D eigenvalue weighted by Gasteiger charge is 1.95. The van der Waals surface area contributed by atoms with Crippen molar-refractivity contribution in [1.82, 2.24) is 0 Å². The van der Waals surface area contributed by atoms with Gasteiger partial charge in [-0.1, -0.05) is 74.7 Å². The lowest BCUT2D eigenvalue weighted by Crippen LogP contribution is -1.98. The van der Waals surface area contributed by atoms with E-state index in [2.05, 4.69) is 41.5 Å². The van der Waals surface area contributed by atoms with Crippen molar-refractivity contribution >= 4 is 11.6 Å². The van der Waals surface area contributed by atoms with E-state index in [0.29, 0.717) is 0 Å². The summed E-state index contributed by atoms with van der Waals surface area (Å²) in [4.78, 5) is 19.6. The predicted molar refractivity (Wildman–Crippen MR) is 89.8 cm³/mol. The van der Waals surface area contributed by atoms with Gasteiger partial charge in [0.05, 0.1) is 0 Å². The molecule has 120 valence electrons. The van der Waals surface area contributed by atoms with Crippen molar-refractivity contribution in [3.8, 4) is 0 Å². The minimum absolute atomic E-state index is 0.167. The molecule has 0 aromatic rings. The molecule has 0 aliphatic carbocycles. The first kappa shape index (κ1) is 31.0. The first-order chi connectivity index (χ1) is 8.62. The standard InChI is InChI=1S/C5H10O.C3H6O.3C3H8/c1-4(2)5(3)6;1-3(2)4;3*1-3-2/h4H,1-3H3;1-2H3;3*3H2,1-2H3. The van der Waals surface area contributed by atoms with Crippen LogP contribution in [-0.2, 0) is 9.59 Å². The molecule has 0 spiro atoms. The second-order valence-electron chi connectivity index (χ2n) is 4.79. The van der Waals surface area contributed by atoms with Crippen LogP contribution in [0.4, 0.5) is 0 Å². The van der Waals surface area contributed by atoms with Crippen LogP contribution in [0.3, 0.4) is 0 Å². The highest BCUT2D eigenvalue weighted by atomic mass is 16.1. The minimum Gasteiger partial charge on any atom is -0.300 e. The quantitative estimate of drug-likeness (QED) is 0.582. The second-order valence-corrected chi connectivity index (χ2v) is 4.79. The largest absolute Gasteiger partial charge is 0.300 e. The zero-order valence-electron chi connectivity index (χ0n) is 15.5. The van der Waals surface area contributed by atoms with Crippen LogP contribution < -0.4 is 0 Å². The fraction of sp³-hybridized carbons (Fsp3) is 0.882. The van der Waals surface area contributed by atoms with E-state index < -0.39 is 0 Å². The molecule has 0 aromatic heterocycles. The lowest BCUT2D eigenvalue weighted by Gasteiger charge is -1.90. The molecule has 0 saturated carbocycles. The SMILES string of the molecule is CC(=O)C(C)C.CC(C)=O.CCC.CCC.CCC. The first-order valence-electron chi connectivity index (χ1n) is 7.59. The van der Waals surface area contributed by atoms with E-state index in [0.717, 1.165) is 0 Å². The summed E-state index contributed by atoms with van der Waals surface area (Å²) in [5, 5.41) is 0. The molecule has 2 nitrogen and oxygen atoms in total. The van der Waals surface area contributed by atoms with Crippen molar-refractivity contribution in [1.29, 1.82) is 0 Å². The third-order valence-electron chi connectivity index (χ3n) is 0.813. The highest BCUT2D eigenvalue weighted by Crippen LogP contribution is 1.89. The van der Waals surface area contributed by atoms with Crippen molar-refractivity contribution in [2.75, 3.05) is 0 Å². The number of carbonyl (C=O) groups is 2. The van der Waals surface area contributed by atoms with E-state index in [1.54, 1.807) is 6.92 Å². The zero-order valence-corrected chi connectivity index (χ0v) is 15.5. The lowest BCUT2D eigenvalue weighted by atomic mass is 10.1. The van der Waals surface area contributed by atoms with E-state index in [1.807, 2.05) is 13.8 Å². The Bertz CT molecular complexity index is 141. The van der Waals surface area contributed by atoms with E-state index in [4.69, 9.17) is 0 Å². The minimum atomic E-state index is 0.167. The topological polar surface area (TPSA) is 34.1 Å². The van der Waals surface area contributed by atoms with Gasteiger partial charge in [0.1, 0.15) is 11.6 Å². The molecule has 19 heavy (non-hydrogen) atoms. The normalized spacial score (nSPS) is 7.16. The van der Waals surface area contributed by atoms with Gasteiger partial charge in [0, 0.05) is 5.92 Å². The smallest absolute Gasteiger partial charge is 0.132 e. The van der Waals surface area contributed by atoms with Gasteiger partial charge in [0.2, 0.25) is 0 Å². The van der Waals surface area contributed by atoms with Crippen molar-refractivity contribution in [2.45, 2.75) is 95.4 Å². The summed E-state index contributed by atoms with van der Waals surface area (Å²) < 4.78 is 0. The summed E-state index contributed by atoms with van der Waals surface area (Å²) in [5.74, 6) is 0.639. The third kappa shape index (κ3) is 366. The van der Waals surface area contributed by atoms with E-state index in [-0.39, 0.29) is 17.5 Å². The lowest BCUT2D eigenvalue weighted by molar-refractivity contribution is -0.119. The fourth-order valence-electron chi connectivity index (χ4n) is 0. The van der Waals surface area contributed by atoms with Crippen LogP contribution in [0.1, 0.15) is 95.4 Å². The fourth-order valence-corrected chi connectivity index (χ4v) is 0. The Kier molecular flexibility index (Phi) is 58.7. The van der Waals surface area contributed by atoms with E-state index in [9.17, 15) is 9.59 Å². The van der Waals surface area contributed by atoms with Gasteiger partial charge in [0.25, 0.3) is 0 Å². The monoisotopic (exact) mass is 276 g/mol. The summed E-state index contributed by atoms with van der Waals surface area (Å²) in [6.45, 7) is 21.2. The summed E-state index contributed by atoms with van der Waals surface area (Å²) in [7, 11) is 0. The maximum atomic E-state index is 10.1. The molecule has 0 rings (SSSR count). The van der Waals surface area contributed by atoms with Gasteiger partial charge in [-0.25, -0.2) is 0 Å². The third-order valence-corrected chi connectivity index (χ3v) is 0.813. The Morgan fingerprint density at radius 1 is 0.684 bits per heavy atom. The Morgan fingerprint density at radius 2 is 0.737 bits per heavy atom. The molecule has 0 radical (unpaired) electrons. The average Bonchev–Trinajstić information content (AvgIpc) is 2.19. The molecule has 0 fully saturated rings. The number of Topliss-reactive ketones (excluding diaryl/α,β-unsaturated/α-hetero) is 2. The Balaban J connectivity index is -0.0000000448. The van der Waals surface area contributed by atoms with E-state index in [1.165, 1.54) is 33.1 Å². The summed E-state index contributed by atoms with van der Waals surface area (Å²) in [5.41, 5.74) is 0. The van der Waals surface area contributed by atoms with Crippen LogP contribution in [0.2, 0.25) is 0 Å². The van der Waals surface area contributed by atoms with Crippen LogP contribution in [0, 0.1) is 5.92 Å². The van der Waals surface area contributed by atoms with Gasteiger partial charge >= 0.3 is 0 Å². The van der Waals surface area contributed by atoms with Crippen LogP contribution in [0.5, 0.6) is 0 Å². The molecular formula is C17H40O2. The number of rotatable bonds is 1. The molecule has 0 N–H and O–H groups in total. The predicted octanol–water partition coefficient (Wildman–Crippen LogP) is 6.08. The van der Waals surface area contributed by atoms with Gasteiger partial charge in [0.15, 0.2) is 0 Å². The molecule has 0 aliphatic rings. The molecule has 0 saturated heterocycles. The number of carbonyl (C=O) groups excluding carboxylic acids is 2. The summed E-state index contributed by atoms with van der Waals surface area (Å²) in [6.07, 6.45) is 3.75. The molecule has 0 aromatic carbocycles. The highest BCUT2D eigenvalue weighted by molar-refractivity contribution is 5.77. The summed E-state index contributed by atoms with van der Waals surface area (Å²) in [6, 6.07) is 0. The Morgan fingerprint density at radius 3 is 0.737 bits per heavy atom. The van der Waals surface area contributed by atoms with Crippen LogP contribution in [0.15, 0.2) is 0 Å². The molecule has 0 aliphatic heterocycles. The van der Waals surface area contributed by atoms with Gasteiger partial charge in [-0.3, -0.25) is 4.79 Å². The van der Waals surface area contributed by atoms with Crippen LogP contribution in [0.25, 0.3) is 0 Å². The second kappa shape index (κ2) is 36.0. The van der Waals surface area contributed by atoms with Crippen molar-refractivity contribution in [3.05, 3.63) is 0 Å². The van der Waals surface area contributed by atoms with Crippen LogP contribution in [-0.4, -0.2) is 11.6 Å². The average molecular weight is 277 g/mol. The van der Waals surface area contributed by atoms with Gasteiger partial charge in [-0.05, 0) is 20.8 Å². The van der Waals surface area contributed by atoms with Crippen molar-refractivity contribution in [3.63, 3.8) is 0 Å². The van der Waals surface area contributed by atoms with Crippen LogP contribution >= 0.6 is 0 Å². The summed E-state index contributed by atoms with van der Waals surface area (Å²) >= 11 is 0. The Hall–Kier alpha value is -0.660. The molecule has 0 heterocycles.